The Bertz CT molecular complexity index is 1020. The van der Waals surface area contributed by atoms with E-state index >= 15 is 0 Å². The molecule has 2 aromatic carbocycles. The van der Waals surface area contributed by atoms with Gasteiger partial charge in [-0.2, -0.15) is 12.7 Å². The van der Waals surface area contributed by atoms with E-state index in [-0.39, 0.29) is 11.2 Å². The maximum atomic E-state index is 12.8. The average Bonchev–Trinajstić information content (AvgIpc) is 2.81. The minimum atomic E-state index is -3.67. The number of benzene rings is 2. The molecule has 0 unspecified atom stereocenters. The van der Waals surface area contributed by atoms with Crippen molar-refractivity contribution in [2.75, 3.05) is 27.3 Å². The molecule has 1 aliphatic rings. The lowest BCUT2D eigenvalue weighted by molar-refractivity contribution is 0.0973. The third kappa shape index (κ3) is 5.49. The number of unbranched alkanes of at least 4 members (excludes halogenated alkanes) is 1. The van der Waals surface area contributed by atoms with E-state index in [1.165, 1.54) is 17.0 Å². The maximum absolute atomic E-state index is 12.8. The third-order valence-electron chi connectivity index (χ3n) is 6.44. The molecule has 174 valence electrons. The number of hydrogen-bond donors (Lipinski definition) is 1. The SMILES string of the molecule is COc1cccc(C(=O)CCCCC2(c3ccccc3)CCN(S(N)(=O)=O)CC2)c1OC. The second kappa shape index (κ2) is 10.5. The van der Waals surface area contributed by atoms with Crippen molar-refractivity contribution in [1.29, 1.82) is 0 Å². The van der Waals surface area contributed by atoms with Crippen LogP contribution >= 0.6 is 0 Å². The van der Waals surface area contributed by atoms with E-state index in [0.717, 1.165) is 19.3 Å². The minimum absolute atomic E-state index is 0.0264. The zero-order valence-corrected chi connectivity index (χ0v) is 19.6. The van der Waals surface area contributed by atoms with Crippen LogP contribution in [0.25, 0.3) is 0 Å². The van der Waals surface area contributed by atoms with Crippen LogP contribution < -0.4 is 14.6 Å². The summed E-state index contributed by atoms with van der Waals surface area (Å²) >= 11 is 0. The van der Waals surface area contributed by atoms with Crippen molar-refractivity contribution < 1.29 is 22.7 Å². The molecule has 0 spiro atoms. The number of para-hydroxylation sites is 1. The molecule has 1 heterocycles. The van der Waals surface area contributed by atoms with Crippen LogP contribution in [0.15, 0.2) is 48.5 Å². The molecule has 8 heteroatoms. The largest absolute Gasteiger partial charge is 0.493 e. The summed E-state index contributed by atoms with van der Waals surface area (Å²) in [5, 5.41) is 5.33. The molecule has 1 aliphatic heterocycles. The predicted octanol–water partition coefficient (Wildman–Crippen LogP) is 3.68. The quantitative estimate of drug-likeness (QED) is 0.431. The maximum Gasteiger partial charge on any atom is 0.276 e. The summed E-state index contributed by atoms with van der Waals surface area (Å²) in [6, 6.07) is 15.6. The molecule has 0 amide bonds. The smallest absolute Gasteiger partial charge is 0.276 e. The van der Waals surface area contributed by atoms with E-state index in [1.54, 1.807) is 25.3 Å². The number of ether oxygens (including phenoxy) is 2. The first-order valence-electron chi connectivity index (χ1n) is 10.9. The fraction of sp³-hybridized carbons (Fsp3) is 0.458. The highest BCUT2D eigenvalue weighted by Crippen LogP contribution is 2.40. The van der Waals surface area contributed by atoms with Gasteiger partial charge in [0, 0.05) is 19.5 Å². The molecule has 0 aliphatic carbocycles. The van der Waals surface area contributed by atoms with Crippen molar-refractivity contribution in [3.63, 3.8) is 0 Å². The van der Waals surface area contributed by atoms with E-state index < -0.39 is 10.2 Å². The van der Waals surface area contributed by atoms with Crippen LogP contribution in [-0.4, -0.2) is 45.8 Å². The van der Waals surface area contributed by atoms with Crippen molar-refractivity contribution in [2.24, 2.45) is 5.14 Å². The minimum Gasteiger partial charge on any atom is -0.493 e. The van der Waals surface area contributed by atoms with Gasteiger partial charge in [0.25, 0.3) is 10.2 Å². The topological polar surface area (TPSA) is 98.9 Å². The molecule has 0 radical (unpaired) electrons. The molecule has 0 aromatic heterocycles. The van der Waals surface area contributed by atoms with Crippen LogP contribution in [-0.2, 0) is 15.6 Å². The van der Waals surface area contributed by atoms with Gasteiger partial charge in [-0.1, -0.05) is 42.8 Å². The van der Waals surface area contributed by atoms with Gasteiger partial charge in [-0.05, 0) is 48.8 Å². The number of piperidine rings is 1. The number of Topliss-reactive ketones (excluding diaryl/α,β-unsaturated/α-hetero) is 1. The molecule has 1 fully saturated rings. The van der Waals surface area contributed by atoms with E-state index in [2.05, 4.69) is 12.1 Å². The standard InChI is InChI=1S/C24H32N2O5S/c1-30-22-13-8-11-20(23(22)31-2)21(27)12-6-7-14-24(19-9-4-3-5-10-19)15-17-26(18-16-24)32(25,28)29/h3-5,8-11,13H,6-7,12,14-18H2,1-2H3,(H2,25,28,29). The van der Waals surface area contributed by atoms with Crippen molar-refractivity contribution in [3.05, 3.63) is 59.7 Å². The second-order valence-corrected chi connectivity index (χ2v) is 9.81. The first-order chi connectivity index (χ1) is 15.3. The summed E-state index contributed by atoms with van der Waals surface area (Å²) in [6.07, 6.45) is 4.33. The number of methoxy groups -OCH3 is 2. The molecule has 32 heavy (non-hydrogen) atoms. The van der Waals surface area contributed by atoms with Crippen molar-refractivity contribution in [3.8, 4) is 11.5 Å². The summed E-state index contributed by atoms with van der Waals surface area (Å²) in [7, 11) is -0.585. The number of rotatable bonds is 10. The van der Waals surface area contributed by atoms with E-state index in [1.807, 2.05) is 18.2 Å². The number of ketones is 1. The average molecular weight is 461 g/mol. The molecule has 3 rings (SSSR count). The van der Waals surface area contributed by atoms with Gasteiger partial charge >= 0.3 is 0 Å². The van der Waals surface area contributed by atoms with Gasteiger partial charge in [0.15, 0.2) is 17.3 Å². The van der Waals surface area contributed by atoms with Crippen molar-refractivity contribution >= 4 is 16.0 Å². The molecule has 1 saturated heterocycles. The van der Waals surface area contributed by atoms with Crippen LogP contribution in [0.4, 0.5) is 0 Å². The van der Waals surface area contributed by atoms with E-state index in [4.69, 9.17) is 14.6 Å². The van der Waals surface area contributed by atoms with Gasteiger partial charge in [0.05, 0.1) is 19.8 Å². The summed E-state index contributed by atoms with van der Waals surface area (Å²) < 4.78 is 35.5. The van der Waals surface area contributed by atoms with Crippen LogP contribution in [0.5, 0.6) is 11.5 Å². The molecule has 2 aromatic rings. The van der Waals surface area contributed by atoms with E-state index in [9.17, 15) is 13.2 Å². The Hall–Kier alpha value is -2.42. The highest BCUT2D eigenvalue weighted by molar-refractivity contribution is 7.86. The molecular formula is C24H32N2O5S. The monoisotopic (exact) mass is 460 g/mol. The lowest BCUT2D eigenvalue weighted by Crippen LogP contribution is -2.47. The Kier molecular flexibility index (Phi) is 7.92. The number of nitrogens with two attached hydrogens (primary N) is 1. The highest BCUT2D eigenvalue weighted by Gasteiger charge is 2.38. The van der Waals surface area contributed by atoms with Crippen LogP contribution in [0.2, 0.25) is 0 Å². The van der Waals surface area contributed by atoms with Crippen LogP contribution in [0.3, 0.4) is 0 Å². The van der Waals surface area contributed by atoms with E-state index in [0.29, 0.717) is 49.4 Å². The normalized spacial score (nSPS) is 16.5. The first kappa shape index (κ1) is 24.2. The van der Waals surface area contributed by atoms with Gasteiger partial charge in [-0.15, -0.1) is 0 Å². The summed E-state index contributed by atoms with van der Waals surface area (Å²) in [5.74, 6) is 1.04. The second-order valence-electron chi connectivity index (χ2n) is 8.26. The van der Waals surface area contributed by atoms with Gasteiger partial charge in [-0.25, -0.2) is 5.14 Å². The van der Waals surface area contributed by atoms with Crippen LogP contribution in [0.1, 0.15) is 54.4 Å². The predicted molar refractivity (Wildman–Crippen MR) is 124 cm³/mol. The summed E-state index contributed by atoms with van der Waals surface area (Å²) in [5.41, 5.74) is 1.64. The Labute approximate surface area is 190 Å². The Morgan fingerprint density at radius 1 is 1.00 bits per heavy atom. The summed E-state index contributed by atoms with van der Waals surface area (Å²) in [6.45, 7) is 0.821. The Morgan fingerprint density at radius 2 is 1.69 bits per heavy atom. The van der Waals surface area contributed by atoms with Gasteiger partial charge in [0.2, 0.25) is 0 Å². The fourth-order valence-corrected chi connectivity index (χ4v) is 5.33. The lowest BCUT2D eigenvalue weighted by atomic mass is 9.70. The highest BCUT2D eigenvalue weighted by atomic mass is 32.2. The van der Waals surface area contributed by atoms with Gasteiger partial charge < -0.3 is 9.47 Å². The lowest BCUT2D eigenvalue weighted by Gasteiger charge is -2.41. The molecule has 0 bridgehead atoms. The third-order valence-corrected chi connectivity index (χ3v) is 7.52. The van der Waals surface area contributed by atoms with Crippen molar-refractivity contribution in [1.82, 2.24) is 4.31 Å². The Balaban J connectivity index is 1.65. The van der Waals surface area contributed by atoms with Gasteiger partial charge in [-0.3, -0.25) is 4.79 Å². The van der Waals surface area contributed by atoms with Gasteiger partial charge in [0.1, 0.15) is 0 Å². The number of carbonyl (C=O) groups is 1. The number of nitrogens with zero attached hydrogens (tertiary/aromatic N) is 1. The molecular weight excluding hydrogens is 428 g/mol. The number of carbonyl (C=O) groups excluding carboxylic acids is 1. The molecule has 2 N–H and O–H groups in total. The Morgan fingerprint density at radius 3 is 2.28 bits per heavy atom. The molecule has 0 atom stereocenters. The van der Waals surface area contributed by atoms with Crippen LogP contribution in [0, 0.1) is 0 Å². The fourth-order valence-electron chi connectivity index (χ4n) is 4.63. The molecule has 0 saturated carbocycles. The van der Waals surface area contributed by atoms with Crippen molar-refractivity contribution in [2.45, 2.75) is 43.9 Å². The summed E-state index contributed by atoms with van der Waals surface area (Å²) in [4.78, 5) is 12.8. The molecule has 7 nitrogen and oxygen atoms in total. The zero-order valence-electron chi connectivity index (χ0n) is 18.7. The zero-order chi connectivity index (χ0) is 23.2. The first-order valence-corrected chi connectivity index (χ1v) is 12.4. The number of hydrogen-bond acceptors (Lipinski definition) is 5.